The van der Waals surface area contributed by atoms with E-state index >= 15 is 0 Å². The lowest BCUT2D eigenvalue weighted by Crippen LogP contribution is -2.21. The van der Waals surface area contributed by atoms with E-state index in [4.69, 9.17) is 15.2 Å². The van der Waals surface area contributed by atoms with E-state index in [0.717, 1.165) is 0 Å². The minimum atomic E-state index is -0.674. The number of carbonyl (C=O) groups is 4. The Kier molecular flexibility index (Phi) is 7.90. The van der Waals surface area contributed by atoms with Crippen LogP contribution in [0.1, 0.15) is 33.6 Å². The quantitative estimate of drug-likeness (QED) is 0.435. The van der Waals surface area contributed by atoms with Gasteiger partial charge in [0.1, 0.15) is 5.75 Å². The summed E-state index contributed by atoms with van der Waals surface area (Å²) in [4.78, 5) is 47.0. The predicted molar refractivity (Wildman–Crippen MR) is 109 cm³/mol. The molecule has 2 rings (SSSR count). The van der Waals surface area contributed by atoms with Crippen LogP contribution in [-0.4, -0.2) is 37.3 Å². The number of nitrogens with two attached hydrogens (primary N) is 1. The number of benzene rings is 2. The van der Waals surface area contributed by atoms with Crippen molar-refractivity contribution in [3.05, 3.63) is 58.1 Å². The molecule has 0 saturated heterocycles. The number of rotatable bonds is 9. The number of esters is 1. The second-order valence-corrected chi connectivity index (χ2v) is 6.83. The van der Waals surface area contributed by atoms with E-state index < -0.39 is 24.4 Å². The largest absolute Gasteiger partial charge is 0.496 e. The number of hydrogen-bond acceptors (Lipinski definition) is 6. The highest BCUT2D eigenvalue weighted by atomic mass is 79.9. The fourth-order valence-corrected chi connectivity index (χ4v) is 2.74. The van der Waals surface area contributed by atoms with E-state index in [1.54, 1.807) is 18.2 Å². The molecule has 0 aliphatic carbocycles. The first-order valence-electron chi connectivity index (χ1n) is 8.52. The predicted octanol–water partition coefficient (Wildman–Crippen LogP) is 2.70. The van der Waals surface area contributed by atoms with Gasteiger partial charge in [0, 0.05) is 22.1 Å². The number of Topliss-reactive ketones (excluding diaryl/α,β-unsaturated/α-hetero) is 1. The van der Waals surface area contributed by atoms with Crippen LogP contribution in [0.25, 0.3) is 0 Å². The molecule has 29 heavy (non-hydrogen) atoms. The number of hydrogen-bond donors (Lipinski definition) is 2. The van der Waals surface area contributed by atoms with E-state index in [9.17, 15) is 19.2 Å². The first-order valence-corrected chi connectivity index (χ1v) is 9.31. The lowest BCUT2D eigenvalue weighted by Gasteiger charge is -2.09. The lowest BCUT2D eigenvalue weighted by molar-refractivity contribution is -0.147. The fourth-order valence-electron chi connectivity index (χ4n) is 2.38. The third-order valence-electron chi connectivity index (χ3n) is 3.84. The molecule has 2 aromatic rings. The highest BCUT2D eigenvalue weighted by Gasteiger charge is 2.16. The van der Waals surface area contributed by atoms with Gasteiger partial charge in [-0.25, -0.2) is 0 Å². The summed E-state index contributed by atoms with van der Waals surface area (Å²) in [6, 6.07) is 10.9. The Labute approximate surface area is 175 Å². The van der Waals surface area contributed by atoms with Crippen LogP contribution in [0.2, 0.25) is 0 Å². The molecule has 3 N–H and O–H groups in total. The molecule has 0 heterocycles. The van der Waals surface area contributed by atoms with Crippen LogP contribution >= 0.6 is 15.9 Å². The van der Waals surface area contributed by atoms with Crippen molar-refractivity contribution < 1.29 is 28.7 Å². The molecule has 0 fully saturated rings. The zero-order valence-electron chi connectivity index (χ0n) is 15.6. The molecule has 2 aromatic carbocycles. The van der Waals surface area contributed by atoms with Crippen LogP contribution in [0.15, 0.2) is 46.9 Å². The zero-order chi connectivity index (χ0) is 21.4. The van der Waals surface area contributed by atoms with Crippen molar-refractivity contribution in [2.75, 3.05) is 19.0 Å². The van der Waals surface area contributed by atoms with Gasteiger partial charge in [-0.1, -0.05) is 15.9 Å². The van der Waals surface area contributed by atoms with E-state index in [0.29, 0.717) is 27.0 Å². The highest BCUT2D eigenvalue weighted by Crippen LogP contribution is 2.24. The summed E-state index contributed by atoms with van der Waals surface area (Å²) in [7, 11) is 1.45. The lowest BCUT2D eigenvalue weighted by atomic mass is 10.1. The molecule has 0 bridgehead atoms. The SMILES string of the molecule is COc1ccc(Br)cc1C(=O)CCC(=O)OCC(=O)Nc1ccc(C(N)=O)cc1. The van der Waals surface area contributed by atoms with Crippen molar-refractivity contribution in [2.24, 2.45) is 5.73 Å². The van der Waals surface area contributed by atoms with Gasteiger partial charge < -0.3 is 20.5 Å². The summed E-state index contributed by atoms with van der Waals surface area (Å²) in [5.41, 5.74) is 6.22. The first-order chi connectivity index (χ1) is 13.8. The Morgan fingerprint density at radius 2 is 1.72 bits per heavy atom. The average molecular weight is 463 g/mol. The van der Waals surface area contributed by atoms with Gasteiger partial charge in [0.05, 0.1) is 19.1 Å². The number of carbonyl (C=O) groups excluding carboxylic acids is 4. The fraction of sp³-hybridized carbons (Fsp3) is 0.200. The highest BCUT2D eigenvalue weighted by molar-refractivity contribution is 9.10. The van der Waals surface area contributed by atoms with Crippen molar-refractivity contribution in [3.63, 3.8) is 0 Å². The molecule has 0 radical (unpaired) electrons. The van der Waals surface area contributed by atoms with E-state index in [1.807, 2.05) is 0 Å². The molecule has 0 aliphatic rings. The van der Waals surface area contributed by atoms with Crippen LogP contribution in [0.4, 0.5) is 5.69 Å². The van der Waals surface area contributed by atoms with Crippen LogP contribution in [0, 0.1) is 0 Å². The summed E-state index contributed by atoms with van der Waals surface area (Å²) in [6.45, 7) is -0.495. The molecule has 0 aliphatic heterocycles. The molecule has 0 saturated carbocycles. The average Bonchev–Trinajstić information content (AvgIpc) is 2.70. The van der Waals surface area contributed by atoms with Gasteiger partial charge >= 0.3 is 5.97 Å². The van der Waals surface area contributed by atoms with Crippen molar-refractivity contribution in [1.82, 2.24) is 0 Å². The molecular weight excluding hydrogens is 444 g/mol. The Morgan fingerprint density at radius 1 is 1.03 bits per heavy atom. The summed E-state index contributed by atoms with van der Waals surface area (Å²) in [5, 5.41) is 2.52. The Balaban J connectivity index is 1.79. The van der Waals surface area contributed by atoms with Gasteiger partial charge in [0.15, 0.2) is 12.4 Å². The Hall–Kier alpha value is -3.20. The second-order valence-electron chi connectivity index (χ2n) is 5.92. The number of ketones is 1. The number of amides is 2. The van der Waals surface area contributed by atoms with Crippen LogP contribution in [0.5, 0.6) is 5.75 Å². The smallest absolute Gasteiger partial charge is 0.306 e. The normalized spacial score (nSPS) is 10.1. The van der Waals surface area contributed by atoms with Crippen LogP contribution in [-0.2, 0) is 14.3 Å². The number of primary amides is 1. The van der Waals surface area contributed by atoms with E-state index in [2.05, 4.69) is 21.2 Å². The molecular formula is C20H19BrN2O6. The zero-order valence-corrected chi connectivity index (χ0v) is 17.2. The molecule has 0 atom stereocenters. The van der Waals surface area contributed by atoms with Gasteiger partial charge in [0.25, 0.3) is 5.91 Å². The second kappa shape index (κ2) is 10.4. The van der Waals surface area contributed by atoms with E-state index in [1.165, 1.54) is 31.4 Å². The topological polar surface area (TPSA) is 125 Å². The number of anilines is 1. The maximum absolute atomic E-state index is 12.3. The Morgan fingerprint density at radius 3 is 2.34 bits per heavy atom. The van der Waals surface area contributed by atoms with Crippen molar-refractivity contribution in [1.29, 1.82) is 0 Å². The van der Waals surface area contributed by atoms with Gasteiger partial charge in [-0.3, -0.25) is 19.2 Å². The third kappa shape index (κ3) is 6.72. The third-order valence-corrected chi connectivity index (χ3v) is 4.33. The van der Waals surface area contributed by atoms with Crippen LogP contribution in [0.3, 0.4) is 0 Å². The molecule has 0 spiro atoms. The summed E-state index contributed by atoms with van der Waals surface area (Å²) in [6.07, 6.45) is -0.253. The molecule has 9 heteroatoms. The van der Waals surface area contributed by atoms with Crippen molar-refractivity contribution in [3.8, 4) is 5.75 Å². The monoisotopic (exact) mass is 462 g/mol. The number of halogens is 1. The summed E-state index contributed by atoms with van der Waals surface area (Å²) < 4.78 is 10.7. The summed E-state index contributed by atoms with van der Waals surface area (Å²) >= 11 is 3.29. The van der Waals surface area contributed by atoms with Gasteiger partial charge in [0.2, 0.25) is 5.91 Å². The maximum atomic E-state index is 12.3. The maximum Gasteiger partial charge on any atom is 0.306 e. The molecule has 0 aromatic heterocycles. The first kappa shape index (κ1) is 22.1. The van der Waals surface area contributed by atoms with Gasteiger partial charge in [-0.2, -0.15) is 0 Å². The number of methoxy groups -OCH3 is 1. The van der Waals surface area contributed by atoms with Crippen LogP contribution < -0.4 is 15.8 Å². The standard InChI is InChI=1S/C20H19BrN2O6/c1-28-17-8-4-13(21)10-15(17)16(24)7-9-19(26)29-11-18(25)23-14-5-2-12(3-6-14)20(22)27/h2-6,8,10H,7,9,11H2,1H3,(H2,22,27)(H,23,25). The van der Waals surface area contributed by atoms with Crippen molar-refractivity contribution in [2.45, 2.75) is 12.8 Å². The van der Waals surface area contributed by atoms with Gasteiger partial charge in [-0.15, -0.1) is 0 Å². The van der Waals surface area contributed by atoms with Crippen molar-refractivity contribution >= 4 is 45.2 Å². The minimum Gasteiger partial charge on any atom is -0.496 e. The summed E-state index contributed by atoms with van der Waals surface area (Å²) in [5.74, 6) is -1.67. The molecule has 2 amide bonds. The minimum absolute atomic E-state index is 0.0815. The molecule has 0 unspecified atom stereocenters. The van der Waals surface area contributed by atoms with Gasteiger partial charge in [-0.05, 0) is 42.5 Å². The number of nitrogens with one attached hydrogen (secondary N) is 1. The Bertz CT molecular complexity index is 927. The van der Waals surface area contributed by atoms with E-state index in [-0.39, 0.29) is 18.6 Å². The molecule has 152 valence electrons. The molecule has 8 nitrogen and oxygen atoms in total. The number of ether oxygens (including phenoxy) is 2.